The number of rotatable bonds is 7. The first-order valence-electron chi connectivity index (χ1n) is 7.37. The van der Waals surface area contributed by atoms with Gasteiger partial charge in [0.25, 0.3) is 0 Å². The van der Waals surface area contributed by atoms with Crippen LogP contribution >= 0.6 is 0 Å². The number of nitrogens with one attached hydrogen (secondary N) is 1. The molecule has 0 aliphatic heterocycles. The van der Waals surface area contributed by atoms with Crippen molar-refractivity contribution >= 4 is 0 Å². The molecular weight excluding hydrogens is 210 g/mol. The molecule has 1 atom stereocenters. The van der Waals surface area contributed by atoms with E-state index in [0.29, 0.717) is 6.04 Å². The van der Waals surface area contributed by atoms with E-state index in [9.17, 15) is 0 Å². The van der Waals surface area contributed by atoms with Gasteiger partial charge in [0.1, 0.15) is 0 Å². The second-order valence-corrected chi connectivity index (χ2v) is 6.00. The number of hydrogen-bond acceptors (Lipinski definition) is 2. The van der Waals surface area contributed by atoms with Gasteiger partial charge in [-0.1, -0.05) is 46.0 Å². The molecule has 0 saturated heterocycles. The standard InChI is InChI=1S/C15H31NO/c1-13(2)9-8-10-14(16-3)15(17-4)11-6-5-7-12-15/h13-14,16H,5-12H2,1-4H3. The highest BCUT2D eigenvalue weighted by atomic mass is 16.5. The molecule has 2 heteroatoms. The van der Waals surface area contributed by atoms with E-state index >= 15 is 0 Å². The summed E-state index contributed by atoms with van der Waals surface area (Å²) in [4.78, 5) is 0. The van der Waals surface area contributed by atoms with E-state index in [1.807, 2.05) is 7.11 Å². The molecule has 102 valence electrons. The quantitative estimate of drug-likeness (QED) is 0.733. The smallest absolute Gasteiger partial charge is 0.0830 e. The zero-order chi connectivity index (χ0) is 12.7. The molecule has 0 aromatic rings. The topological polar surface area (TPSA) is 21.3 Å². The molecule has 1 aliphatic rings. The van der Waals surface area contributed by atoms with Crippen molar-refractivity contribution in [2.75, 3.05) is 14.2 Å². The summed E-state index contributed by atoms with van der Waals surface area (Å²) < 4.78 is 5.93. The van der Waals surface area contributed by atoms with Crippen LogP contribution in [0.15, 0.2) is 0 Å². The van der Waals surface area contributed by atoms with Gasteiger partial charge in [-0.3, -0.25) is 0 Å². The number of likely N-dealkylation sites (N-methyl/N-ethyl adjacent to an activating group) is 1. The largest absolute Gasteiger partial charge is 0.377 e. The molecule has 1 saturated carbocycles. The molecule has 0 spiro atoms. The van der Waals surface area contributed by atoms with Gasteiger partial charge < -0.3 is 10.1 Å². The van der Waals surface area contributed by atoms with E-state index in [-0.39, 0.29) is 5.60 Å². The van der Waals surface area contributed by atoms with Crippen molar-refractivity contribution in [3.05, 3.63) is 0 Å². The Morgan fingerprint density at radius 2 is 1.76 bits per heavy atom. The van der Waals surface area contributed by atoms with Crippen LogP contribution in [0.2, 0.25) is 0 Å². The van der Waals surface area contributed by atoms with Crippen molar-refractivity contribution in [2.24, 2.45) is 5.92 Å². The van der Waals surface area contributed by atoms with Gasteiger partial charge in [0.05, 0.1) is 5.60 Å². The lowest BCUT2D eigenvalue weighted by atomic mass is 9.77. The van der Waals surface area contributed by atoms with Crippen molar-refractivity contribution in [1.29, 1.82) is 0 Å². The van der Waals surface area contributed by atoms with Gasteiger partial charge >= 0.3 is 0 Å². The monoisotopic (exact) mass is 241 g/mol. The Morgan fingerprint density at radius 3 is 2.24 bits per heavy atom. The lowest BCUT2D eigenvalue weighted by Crippen LogP contribution is -2.52. The molecule has 0 aromatic carbocycles. The Balaban J connectivity index is 2.50. The molecule has 2 nitrogen and oxygen atoms in total. The SMILES string of the molecule is CNC(CCCC(C)C)C1(OC)CCCCC1. The van der Waals surface area contributed by atoms with E-state index in [1.165, 1.54) is 51.4 Å². The van der Waals surface area contributed by atoms with E-state index < -0.39 is 0 Å². The molecule has 1 fully saturated rings. The lowest BCUT2D eigenvalue weighted by Gasteiger charge is -2.42. The van der Waals surface area contributed by atoms with Gasteiger partial charge in [0.2, 0.25) is 0 Å². The zero-order valence-electron chi connectivity index (χ0n) is 12.2. The zero-order valence-corrected chi connectivity index (χ0v) is 12.2. The summed E-state index contributed by atoms with van der Waals surface area (Å²) in [7, 11) is 3.99. The third kappa shape index (κ3) is 4.26. The summed E-state index contributed by atoms with van der Waals surface area (Å²) >= 11 is 0. The van der Waals surface area contributed by atoms with E-state index in [1.54, 1.807) is 0 Å². The van der Waals surface area contributed by atoms with Crippen molar-refractivity contribution in [2.45, 2.75) is 76.9 Å². The summed E-state index contributed by atoms with van der Waals surface area (Å²) in [5.74, 6) is 0.817. The van der Waals surface area contributed by atoms with Crippen molar-refractivity contribution in [1.82, 2.24) is 5.32 Å². The van der Waals surface area contributed by atoms with Crippen LogP contribution in [0.1, 0.15) is 65.2 Å². The molecule has 1 aliphatic carbocycles. The second kappa shape index (κ2) is 7.38. The van der Waals surface area contributed by atoms with Crippen molar-refractivity contribution < 1.29 is 4.74 Å². The predicted molar refractivity (Wildman–Crippen MR) is 74.4 cm³/mol. The fourth-order valence-electron chi connectivity index (χ4n) is 3.25. The van der Waals surface area contributed by atoms with Crippen LogP contribution < -0.4 is 5.32 Å². The summed E-state index contributed by atoms with van der Waals surface area (Å²) in [6.07, 6.45) is 10.4. The summed E-state index contributed by atoms with van der Waals surface area (Å²) in [5, 5.41) is 3.51. The average molecular weight is 241 g/mol. The van der Waals surface area contributed by atoms with Crippen LogP contribution in [0, 0.1) is 5.92 Å². The first-order valence-corrected chi connectivity index (χ1v) is 7.37. The normalized spacial score (nSPS) is 21.7. The lowest BCUT2D eigenvalue weighted by molar-refractivity contribution is -0.0682. The third-order valence-electron chi connectivity index (χ3n) is 4.36. The van der Waals surface area contributed by atoms with E-state index in [4.69, 9.17) is 4.74 Å². The van der Waals surface area contributed by atoms with Gasteiger partial charge in [-0.15, -0.1) is 0 Å². The number of ether oxygens (including phenoxy) is 1. The number of methoxy groups -OCH3 is 1. The maximum atomic E-state index is 5.93. The van der Waals surface area contributed by atoms with Crippen molar-refractivity contribution in [3.8, 4) is 0 Å². The molecule has 17 heavy (non-hydrogen) atoms. The minimum absolute atomic E-state index is 0.115. The van der Waals surface area contributed by atoms with Crippen LogP contribution in [0.25, 0.3) is 0 Å². The Bertz CT molecular complexity index is 197. The van der Waals surface area contributed by atoms with Gasteiger partial charge in [-0.2, -0.15) is 0 Å². The molecule has 0 aromatic heterocycles. The van der Waals surface area contributed by atoms with Crippen LogP contribution in [0.3, 0.4) is 0 Å². The van der Waals surface area contributed by atoms with Crippen LogP contribution in [-0.2, 0) is 4.74 Å². The molecule has 1 N–H and O–H groups in total. The first-order chi connectivity index (χ1) is 8.14. The highest BCUT2D eigenvalue weighted by Crippen LogP contribution is 2.35. The number of hydrogen-bond donors (Lipinski definition) is 1. The van der Waals surface area contributed by atoms with Crippen molar-refractivity contribution in [3.63, 3.8) is 0 Å². The fraction of sp³-hybridized carbons (Fsp3) is 1.00. The Hall–Kier alpha value is -0.0800. The third-order valence-corrected chi connectivity index (χ3v) is 4.36. The predicted octanol–water partition coefficient (Wildman–Crippen LogP) is 3.75. The van der Waals surface area contributed by atoms with Gasteiger partial charge in [-0.05, 0) is 32.2 Å². The molecular formula is C15H31NO. The molecule has 0 heterocycles. The second-order valence-electron chi connectivity index (χ2n) is 6.00. The highest BCUT2D eigenvalue weighted by molar-refractivity contribution is 4.94. The highest BCUT2D eigenvalue weighted by Gasteiger charge is 2.38. The van der Waals surface area contributed by atoms with E-state index in [0.717, 1.165) is 5.92 Å². The molecule has 0 amide bonds. The maximum absolute atomic E-state index is 5.93. The average Bonchev–Trinajstić information content (AvgIpc) is 2.35. The fourth-order valence-corrected chi connectivity index (χ4v) is 3.25. The first kappa shape index (κ1) is 15.0. The summed E-state index contributed by atoms with van der Waals surface area (Å²) in [6.45, 7) is 4.61. The molecule has 1 unspecified atom stereocenters. The summed E-state index contributed by atoms with van der Waals surface area (Å²) in [5.41, 5.74) is 0.115. The Morgan fingerprint density at radius 1 is 1.12 bits per heavy atom. The van der Waals surface area contributed by atoms with Gasteiger partial charge in [0, 0.05) is 13.2 Å². The van der Waals surface area contributed by atoms with Crippen LogP contribution in [0.5, 0.6) is 0 Å². The Kier molecular flexibility index (Phi) is 6.50. The summed E-state index contributed by atoms with van der Waals surface area (Å²) in [6, 6.07) is 0.534. The van der Waals surface area contributed by atoms with Crippen LogP contribution in [-0.4, -0.2) is 25.8 Å². The van der Waals surface area contributed by atoms with Gasteiger partial charge in [0.15, 0.2) is 0 Å². The molecule has 1 rings (SSSR count). The Labute approximate surface area is 108 Å². The molecule has 0 radical (unpaired) electrons. The molecule has 0 bridgehead atoms. The minimum Gasteiger partial charge on any atom is -0.377 e. The van der Waals surface area contributed by atoms with Gasteiger partial charge in [-0.25, -0.2) is 0 Å². The maximum Gasteiger partial charge on any atom is 0.0830 e. The van der Waals surface area contributed by atoms with Crippen LogP contribution in [0.4, 0.5) is 0 Å². The minimum atomic E-state index is 0.115. The van der Waals surface area contributed by atoms with E-state index in [2.05, 4.69) is 26.2 Å².